The fraction of sp³-hybridized carbons (Fsp3) is 0.450. The van der Waals surface area contributed by atoms with E-state index in [9.17, 15) is 0 Å². The second kappa shape index (κ2) is 7.01. The molecule has 0 aliphatic carbocycles. The van der Waals surface area contributed by atoms with E-state index in [2.05, 4.69) is 40.2 Å². The molecule has 2 atom stereocenters. The summed E-state index contributed by atoms with van der Waals surface area (Å²) in [7, 11) is 0. The van der Waals surface area contributed by atoms with E-state index in [0.29, 0.717) is 12.5 Å². The Balaban J connectivity index is 1.36. The summed E-state index contributed by atoms with van der Waals surface area (Å²) in [6, 6.07) is 14.7. The average Bonchev–Trinajstić information content (AvgIpc) is 3.13. The smallest absolute Gasteiger partial charge is 0.0718 e. The maximum absolute atomic E-state index is 6.07. The van der Waals surface area contributed by atoms with Crippen LogP contribution in [0.1, 0.15) is 11.1 Å². The van der Waals surface area contributed by atoms with Gasteiger partial charge in [0.2, 0.25) is 0 Å². The number of pyridine rings is 1. The second-order valence-electron chi connectivity index (χ2n) is 7.08. The van der Waals surface area contributed by atoms with Crippen LogP contribution in [0.15, 0.2) is 54.9 Å². The van der Waals surface area contributed by atoms with E-state index >= 15 is 0 Å². The number of hydrogen-bond donors (Lipinski definition) is 0. The number of ether oxygens (including phenoxy) is 2. The molecule has 3 heterocycles. The minimum atomic E-state index is 0.155. The molecular formula is C20H24N2O2. The quantitative estimate of drug-likeness (QED) is 0.818. The summed E-state index contributed by atoms with van der Waals surface area (Å²) in [5.74, 6) is 0.582. The fourth-order valence-corrected chi connectivity index (χ4v) is 3.96. The Kier molecular flexibility index (Phi) is 4.60. The van der Waals surface area contributed by atoms with E-state index in [1.807, 2.05) is 24.5 Å². The van der Waals surface area contributed by atoms with Crippen LogP contribution in [0.4, 0.5) is 0 Å². The van der Waals surface area contributed by atoms with Crippen molar-refractivity contribution in [3.05, 3.63) is 66.0 Å². The van der Waals surface area contributed by atoms with Gasteiger partial charge in [0.15, 0.2) is 0 Å². The number of hydrogen-bond acceptors (Lipinski definition) is 4. The molecule has 0 N–H and O–H groups in total. The predicted octanol–water partition coefficient (Wildman–Crippen LogP) is 2.75. The van der Waals surface area contributed by atoms with Gasteiger partial charge in [-0.15, -0.1) is 0 Å². The van der Waals surface area contributed by atoms with Crippen molar-refractivity contribution in [1.29, 1.82) is 0 Å². The summed E-state index contributed by atoms with van der Waals surface area (Å²) < 4.78 is 11.9. The van der Waals surface area contributed by atoms with Crippen molar-refractivity contribution >= 4 is 0 Å². The van der Waals surface area contributed by atoms with Gasteiger partial charge in [0.1, 0.15) is 0 Å². The van der Waals surface area contributed by atoms with Crippen LogP contribution in [0.25, 0.3) is 0 Å². The first-order valence-electron chi connectivity index (χ1n) is 8.65. The minimum Gasteiger partial charge on any atom is -0.380 e. The van der Waals surface area contributed by atoms with Gasteiger partial charge >= 0.3 is 0 Å². The molecule has 2 aliphatic heterocycles. The molecule has 1 aromatic carbocycles. The average molecular weight is 324 g/mol. The van der Waals surface area contributed by atoms with Gasteiger partial charge in [-0.05, 0) is 23.3 Å². The predicted molar refractivity (Wildman–Crippen MR) is 92.4 cm³/mol. The Morgan fingerprint density at radius 2 is 1.96 bits per heavy atom. The highest BCUT2D eigenvalue weighted by atomic mass is 16.5. The van der Waals surface area contributed by atoms with Crippen LogP contribution in [-0.4, -0.2) is 42.8 Å². The van der Waals surface area contributed by atoms with Crippen LogP contribution in [-0.2, 0) is 22.6 Å². The van der Waals surface area contributed by atoms with Crippen LogP contribution in [0.2, 0.25) is 0 Å². The van der Waals surface area contributed by atoms with Crippen LogP contribution in [0.5, 0.6) is 0 Å². The van der Waals surface area contributed by atoms with Gasteiger partial charge < -0.3 is 9.47 Å². The lowest BCUT2D eigenvalue weighted by Gasteiger charge is -2.27. The van der Waals surface area contributed by atoms with E-state index in [1.54, 1.807) is 0 Å². The zero-order valence-corrected chi connectivity index (χ0v) is 13.9. The Labute approximate surface area is 143 Å². The summed E-state index contributed by atoms with van der Waals surface area (Å²) in [4.78, 5) is 6.60. The largest absolute Gasteiger partial charge is 0.380 e. The van der Waals surface area contributed by atoms with Crippen molar-refractivity contribution in [1.82, 2.24) is 9.88 Å². The monoisotopic (exact) mass is 324 g/mol. The SMILES string of the molecule is c1ccc(CN2C[C@@H]3COC[C@]3(COCc3ccncc3)C2)cc1. The Morgan fingerprint density at radius 3 is 2.79 bits per heavy atom. The van der Waals surface area contributed by atoms with E-state index in [0.717, 1.165) is 39.5 Å². The molecule has 2 fully saturated rings. The molecule has 0 spiro atoms. The lowest BCUT2D eigenvalue weighted by Crippen LogP contribution is -2.35. The number of fused-ring (bicyclic) bond motifs is 1. The first-order chi connectivity index (χ1) is 11.8. The number of benzene rings is 1. The molecule has 2 saturated heterocycles. The summed E-state index contributed by atoms with van der Waals surface area (Å²) >= 11 is 0. The summed E-state index contributed by atoms with van der Waals surface area (Å²) in [6.07, 6.45) is 3.63. The van der Waals surface area contributed by atoms with E-state index in [4.69, 9.17) is 9.47 Å². The van der Waals surface area contributed by atoms with Crippen molar-refractivity contribution in [2.45, 2.75) is 13.2 Å². The molecule has 0 saturated carbocycles. The number of aromatic nitrogens is 1. The standard InChI is InChI=1S/C20H24N2O2/c1-2-4-17(5-3-1)10-22-11-19-13-24-16-20(19,14-22)15-23-12-18-6-8-21-9-7-18/h1-9,19H,10-16H2/t19-,20-/m1/s1. The number of likely N-dealkylation sites (tertiary alicyclic amines) is 1. The fourth-order valence-electron chi connectivity index (χ4n) is 3.96. The highest BCUT2D eigenvalue weighted by Gasteiger charge is 2.50. The normalized spacial score (nSPS) is 26.6. The van der Waals surface area contributed by atoms with Gasteiger partial charge in [-0.1, -0.05) is 30.3 Å². The molecule has 0 unspecified atom stereocenters. The molecule has 4 heteroatoms. The third kappa shape index (κ3) is 3.36. The molecule has 0 radical (unpaired) electrons. The zero-order valence-electron chi connectivity index (χ0n) is 13.9. The second-order valence-corrected chi connectivity index (χ2v) is 7.08. The number of nitrogens with zero attached hydrogens (tertiary/aromatic N) is 2. The minimum absolute atomic E-state index is 0.155. The highest BCUT2D eigenvalue weighted by molar-refractivity contribution is 5.15. The molecule has 1 aromatic heterocycles. The molecule has 4 rings (SSSR count). The molecule has 126 valence electrons. The maximum atomic E-state index is 6.07. The first-order valence-corrected chi connectivity index (χ1v) is 8.65. The van der Waals surface area contributed by atoms with Crippen molar-refractivity contribution in [3.63, 3.8) is 0 Å². The van der Waals surface area contributed by atoms with Crippen LogP contribution in [0.3, 0.4) is 0 Å². The third-order valence-electron chi connectivity index (χ3n) is 5.25. The van der Waals surface area contributed by atoms with Crippen molar-refractivity contribution < 1.29 is 9.47 Å². The van der Waals surface area contributed by atoms with Crippen molar-refractivity contribution in [3.8, 4) is 0 Å². The molecular weight excluding hydrogens is 300 g/mol. The third-order valence-corrected chi connectivity index (χ3v) is 5.25. The zero-order chi connectivity index (χ0) is 16.2. The van der Waals surface area contributed by atoms with Crippen molar-refractivity contribution in [2.75, 3.05) is 32.9 Å². The van der Waals surface area contributed by atoms with E-state index in [1.165, 1.54) is 11.1 Å². The van der Waals surface area contributed by atoms with Crippen molar-refractivity contribution in [2.24, 2.45) is 11.3 Å². The van der Waals surface area contributed by atoms with Gasteiger partial charge in [0.05, 0.1) is 26.4 Å². The van der Waals surface area contributed by atoms with Gasteiger partial charge in [-0.3, -0.25) is 9.88 Å². The van der Waals surface area contributed by atoms with Gasteiger partial charge in [0, 0.05) is 43.4 Å². The lowest BCUT2D eigenvalue weighted by atomic mass is 9.82. The summed E-state index contributed by atoms with van der Waals surface area (Å²) in [5.41, 5.74) is 2.71. The van der Waals surface area contributed by atoms with Crippen LogP contribution in [0, 0.1) is 11.3 Å². The van der Waals surface area contributed by atoms with Crippen LogP contribution >= 0.6 is 0 Å². The van der Waals surface area contributed by atoms with E-state index < -0.39 is 0 Å². The highest BCUT2D eigenvalue weighted by Crippen LogP contribution is 2.42. The van der Waals surface area contributed by atoms with Crippen LogP contribution < -0.4 is 0 Å². The Hall–Kier alpha value is -1.75. The van der Waals surface area contributed by atoms with Gasteiger partial charge in [0.25, 0.3) is 0 Å². The molecule has 0 amide bonds. The molecule has 24 heavy (non-hydrogen) atoms. The molecule has 2 aliphatic rings. The topological polar surface area (TPSA) is 34.6 Å². The number of rotatable bonds is 6. The molecule has 4 nitrogen and oxygen atoms in total. The summed E-state index contributed by atoms with van der Waals surface area (Å²) in [6.45, 7) is 6.28. The Morgan fingerprint density at radius 1 is 1.12 bits per heavy atom. The lowest BCUT2D eigenvalue weighted by molar-refractivity contribution is 0.0182. The molecule has 0 bridgehead atoms. The Bertz CT molecular complexity index is 649. The summed E-state index contributed by atoms with van der Waals surface area (Å²) in [5, 5.41) is 0. The first kappa shape index (κ1) is 15.8. The van der Waals surface area contributed by atoms with E-state index in [-0.39, 0.29) is 5.41 Å². The molecule has 2 aromatic rings. The van der Waals surface area contributed by atoms with Gasteiger partial charge in [-0.2, -0.15) is 0 Å². The van der Waals surface area contributed by atoms with Gasteiger partial charge in [-0.25, -0.2) is 0 Å². The maximum Gasteiger partial charge on any atom is 0.0718 e.